The van der Waals surface area contributed by atoms with Crippen LogP contribution in [0.25, 0.3) is 5.57 Å². The molecule has 3 unspecified atom stereocenters. The lowest BCUT2D eigenvalue weighted by Crippen LogP contribution is -2.26. The minimum Gasteiger partial charge on any atom is -0.481 e. The lowest BCUT2D eigenvalue weighted by molar-refractivity contribution is -0.138. The summed E-state index contributed by atoms with van der Waals surface area (Å²) in [5.74, 6) is -1.36. The maximum absolute atomic E-state index is 11.4. The zero-order valence-electron chi connectivity index (χ0n) is 14.3. The van der Waals surface area contributed by atoms with E-state index in [9.17, 15) is 19.8 Å². The number of hydrogen-bond donors (Lipinski definition) is 2. The first-order valence-corrected chi connectivity index (χ1v) is 8.87. The number of hydrogen-bond acceptors (Lipinski definition) is 2. The van der Waals surface area contributed by atoms with Crippen molar-refractivity contribution < 1.29 is 19.8 Å². The second-order valence-electron chi connectivity index (χ2n) is 7.14. The van der Waals surface area contributed by atoms with E-state index >= 15 is 0 Å². The Morgan fingerprint density at radius 3 is 2.23 bits per heavy atom. The molecule has 132 valence electrons. The van der Waals surface area contributed by atoms with Crippen molar-refractivity contribution in [2.75, 3.05) is 0 Å². The van der Waals surface area contributed by atoms with Gasteiger partial charge in [0, 0.05) is 5.92 Å². The maximum Gasteiger partial charge on any atom is 0.307 e. The van der Waals surface area contributed by atoms with E-state index < -0.39 is 11.9 Å². The molecule has 2 aliphatic rings. The van der Waals surface area contributed by atoms with Crippen molar-refractivity contribution in [2.24, 2.45) is 0 Å². The van der Waals surface area contributed by atoms with Crippen LogP contribution in [-0.2, 0) is 9.59 Å². The van der Waals surface area contributed by atoms with Gasteiger partial charge in [-0.05, 0) is 46.1 Å². The molecule has 0 radical (unpaired) electrons. The molecule has 2 aromatic carbocycles. The molecule has 2 aromatic rings. The molecule has 4 nitrogen and oxygen atoms in total. The van der Waals surface area contributed by atoms with E-state index in [1.54, 1.807) is 0 Å². The van der Waals surface area contributed by atoms with Gasteiger partial charge in [0.2, 0.25) is 0 Å². The highest BCUT2D eigenvalue weighted by molar-refractivity contribution is 5.86. The van der Waals surface area contributed by atoms with Crippen LogP contribution in [0.1, 0.15) is 59.3 Å². The van der Waals surface area contributed by atoms with Crippen LogP contribution in [0.5, 0.6) is 0 Å². The highest BCUT2D eigenvalue weighted by Gasteiger charge is 2.39. The molecule has 26 heavy (non-hydrogen) atoms. The van der Waals surface area contributed by atoms with Crippen LogP contribution in [0.2, 0.25) is 0 Å². The summed E-state index contributed by atoms with van der Waals surface area (Å²) in [6.45, 7) is 0. The summed E-state index contributed by atoms with van der Waals surface area (Å²) in [6.07, 6.45) is 2.98. The molecule has 0 bridgehead atoms. The van der Waals surface area contributed by atoms with Crippen LogP contribution < -0.4 is 0 Å². The number of benzene rings is 2. The summed E-state index contributed by atoms with van der Waals surface area (Å²) >= 11 is 0. The topological polar surface area (TPSA) is 74.6 Å². The molecule has 0 saturated carbocycles. The molecule has 3 atom stereocenters. The molecule has 0 aliphatic heterocycles. The minimum atomic E-state index is -0.836. The first kappa shape index (κ1) is 16.6. The first-order valence-electron chi connectivity index (χ1n) is 8.87. The van der Waals surface area contributed by atoms with E-state index in [1.165, 1.54) is 0 Å². The molecule has 0 aromatic heterocycles. The lowest BCUT2D eigenvalue weighted by atomic mass is 9.63. The minimum absolute atomic E-state index is 0.000947. The van der Waals surface area contributed by atoms with Crippen molar-refractivity contribution >= 4 is 17.5 Å². The molecule has 0 saturated heterocycles. The Hall–Kier alpha value is -2.88. The van der Waals surface area contributed by atoms with Gasteiger partial charge in [-0.1, -0.05) is 54.6 Å². The third-order valence-electron chi connectivity index (χ3n) is 5.62. The van der Waals surface area contributed by atoms with Gasteiger partial charge in [0.25, 0.3) is 0 Å². The Morgan fingerprint density at radius 2 is 1.54 bits per heavy atom. The normalized spacial score (nSPS) is 23.2. The van der Waals surface area contributed by atoms with Gasteiger partial charge in [0.15, 0.2) is 0 Å². The molecule has 4 heteroatoms. The summed E-state index contributed by atoms with van der Waals surface area (Å²) in [5, 5.41) is 18.7. The van der Waals surface area contributed by atoms with Crippen molar-refractivity contribution in [3.05, 3.63) is 76.9 Å². The van der Waals surface area contributed by atoms with E-state index in [2.05, 4.69) is 18.2 Å². The number of carboxylic acids is 2. The Labute approximate surface area is 151 Å². The Bertz CT molecular complexity index is 912. The fourth-order valence-electron chi connectivity index (χ4n) is 4.65. The lowest BCUT2D eigenvalue weighted by Gasteiger charge is -2.40. The van der Waals surface area contributed by atoms with Gasteiger partial charge in [-0.25, -0.2) is 0 Å². The van der Waals surface area contributed by atoms with E-state index in [-0.39, 0.29) is 30.6 Å². The van der Waals surface area contributed by atoms with Crippen molar-refractivity contribution in [1.82, 2.24) is 0 Å². The third-order valence-corrected chi connectivity index (χ3v) is 5.62. The largest absolute Gasteiger partial charge is 0.481 e. The molecular formula is C22H20O4. The van der Waals surface area contributed by atoms with Crippen LogP contribution in [0, 0.1) is 0 Å². The second kappa shape index (κ2) is 6.45. The zero-order valence-corrected chi connectivity index (χ0v) is 14.3. The molecule has 2 aliphatic carbocycles. The monoisotopic (exact) mass is 348 g/mol. The quantitative estimate of drug-likeness (QED) is 0.859. The first-order chi connectivity index (χ1) is 12.5. The van der Waals surface area contributed by atoms with Crippen molar-refractivity contribution in [3.63, 3.8) is 0 Å². The van der Waals surface area contributed by atoms with Gasteiger partial charge in [0.05, 0.1) is 12.8 Å². The Balaban J connectivity index is 1.86. The van der Waals surface area contributed by atoms with E-state index in [4.69, 9.17) is 0 Å². The smallest absolute Gasteiger partial charge is 0.307 e. The SMILES string of the molecule is O=C(O)CC1=CC2c3ccccc3C(CC(=O)O)CC2c2ccccc21. The molecule has 0 amide bonds. The van der Waals surface area contributed by atoms with Crippen LogP contribution in [0.15, 0.2) is 54.6 Å². The fourth-order valence-corrected chi connectivity index (χ4v) is 4.65. The number of aliphatic carboxylic acids is 2. The van der Waals surface area contributed by atoms with Crippen LogP contribution in [-0.4, -0.2) is 22.2 Å². The summed E-state index contributed by atoms with van der Waals surface area (Å²) in [4.78, 5) is 22.7. The van der Waals surface area contributed by atoms with Gasteiger partial charge >= 0.3 is 11.9 Å². The summed E-state index contributed by atoms with van der Waals surface area (Å²) in [6, 6.07) is 16.0. The fraction of sp³-hybridized carbons (Fsp3) is 0.273. The predicted molar refractivity (Wildman–Crippen MR) is 98.2 cm³/mol. The summed E-state index contributed by atoms with van der Waals surface area (Å²) in [5.41, 5.74) is 5.19. The van der Waals surface area contributed by atoms with Crippen molar-refractivity contribution in [3.8, 4) is 0 Å². The number of fused-ring (bicyclic) bond motifs is 5. The molecule has 0 heterocycles. The molecule has 4 rings (SSSR count). The molecule has 0 fully saturated rings. The van der Waals surface area contributed by atoms with E-state index in [1.807, 2.05) is 36.4 Å². The van der Waals surface area contributed by atoms with Gasteiger partial charge in [0.1, 0.15) is 0 Å². The second-order valence-corrected chi connectivity index (χ2v) is 7.14. The summed E-state index contributed by atoms with van der Waals surface area (Å²) in [7, 11) is 0. The zero-order chi connectivity index (χ0) is 18.3. The number of carbonyl (C=O) groups is 2. The Kier molecular flexibility index (Phi) is 4.11. The van der Waals surface area contributed by atoms with E-state index in [0.29, 0.717) is 0 Å². The summed E-state index contributed by atoms with van der Waals surface area (Å²) < 4.78 is 0. The maximum atomic E-state index is 11.4. The number of rotatable bonds is 4. The van der Waals surface area contributed by atoms with Gasteiger partial charge in [-0.3, -0.25) is 9.59 Å². The molecule has 2 N–H and O–H groups in total. The van der Waals surface area contributed by atoms with Crippen LogP contribution >= 0.6 is 0 Å². The average molecular weight is 348 g/mol. The highest BCUT2D eigenvalue weighted by atomic mass is 16.4. The number of allylic oxidation sites excluding steroid dienone is 1. The number of carboxylic acid groups (broad SMARTS) is 2. The standard InChI is InChI=1S/C22H20O4/c23-21(24)11-13-9-20-18-8-4-2-6-16(18)14(12-22(25)26)10-19(20)17-7-3-1-5-15(13)17/h1-9,14,19-20H,10-12H2,(H,23,24)(H,25,26). The Morgan fingerprint density at radius 1 is 0.885 bits per heavy atom. The predicted octanol–water partition coefficient (Wildman–Crippen LogP) is 4.39. The molecule has 0 spiro atoms. The van der Waals surface area contributed by atoms with Crippen LogP contribution in [0.3, 0.4) is 0 Å². The van der Waals surface area contributed by atoms with E-state index in [0.717, 1.165) is 34.2 Å². The van der Waals surface area contributed by atoms with Gasteiger partial charge in [-0.2, -0.15) is 0 Å². The molecular weight excluding hydrogens is 328 g/mol. The third kappa shape index (κ3) is 2.81. The average Bonchev–Trinajstić information content (AvgIpc) is 2.62. The van der Waals surface area contributed by atoms with Gasteiger partial charge < -0.3 is 10.2 Å². The van der Waals surface area contributed by atoms with Crippen LogP contribution in [0.4, 0.5) is 0 Å². The highest BCUT2D eigenvalue weighted by Crippen LogP contribution is 2.53. The van der Waals surface area contributed by atoms with Crippen molar-refractivity contribution in [1.29, 1.82) is 0 Å². The van der Waals surface area contributed by atoms with Crippen molar-refractivity contribution in [2.45, 2.75) is 37.0 Å². The van der Waals surface area contributed by atoms with Gasteiger partial charge in [-0.15, -0.1) is 0 Å².